The number of fused-ring (bicyclic) bond motifs is 5. The van der Waals surface area contributed by atoms with E-state index in [1.54, 1.807) is 0 Å². The van der Waals surface area contributed by atoms with E-state index in [0.29, 0.717) is 17.8 Å². The van der Waals surface area contributed by atoms with Gasteiger partial charge in [-0.15, -0.1) is 6.42 Å². The fourth-order valence-electron chi connectivity index (χ4n) is 7.01. The summed E-state index contributed by atoms with van der Waals surface area (Å²) in [4.78, 5) is 0. The van der Waals surface area contributed by atoms with Crippen LogP contribution in [0, 0.1) is 41.4 Å². The van der Waals surface area contributed by atoms with Gasteiger partial charge >= 0.3 is 0 Å². The van der Waals surface area contributed by atoms with Gasteiger partial charge in [-0.2, -0.15) is 0 Å². The summed E-state index contributed by atoms with van der Waals surface area (Å²) in [5, 5.41) is 11.2. The number of aliphatic hydroxyl groups is 1. The van der Waals surface area contributed by atoms with Crippen LogP contribution >= 0.6 is 0 Å². The van der Waals surface area contributed by atoms with E-state index in [1.807, 2.05) is 0 Å². The van der Waals surface area contributed by atoms with Gasteiger partial charge in [0, 0.05) is 11.8 Å². The fourth-order valence-corrected chi connectivity index (χ4v) is 7.01. The molecular formula is C23H32O2. The Labute approximate surface area is 152 Å². The van der Waals surface area contributed by atoms with E-state index in [4.69, 9.17) is 11.2 Å². The summed E-state index contributed by atoms with van der Waals surface area (Å²) in [5.41, 5.74) is 0.593. The third-order valence-corrected chi connectivity index (χ3v) is 8.14. The monoisotopic (exact) mass is 340 g/mol. The van der Waals surface area contributed by atoms with E-state index in [9.17, 15) is 5.11 Å². The van der Waals surface area contributed by atoms with Crippen molar-refractivity contribution >= 4 is 0 Å². The van der Waals surface area contributed by atoms with Gasteiger partial charge in [0.25, 0.3) is 0 Å². The summed E-state index contributed by atoms with van der Waals surface area (Å²) >= 11 is 0. The molecule has 6 atom stereocenters. The standard InChI is InChI=1S/C23H32O2/c1-4-22-13-11-19-18-10-8-17(25-6-3)15-16(18)7-9-20(19)21(22)12-14-23(22,24)5-2/h2,7,15,18-21,24H,4,6,8-14H2,1,3H3/t18?,19?,20?,21?,22-,23-/m0/s1. The van der Waals surface area contributed by atoms with Crippen LogP contribution in [0.15, 0.2) is 23.5 Å². The van der Waals surface area contributed by atoms with Crippen molar-refractivity contribution in [1.29, 1.82) is 0 Å². The van der Waals surface area contributed by atoms with Gasteiger partial charge in [-0.3, -0.25) is 0 Å². The Morgan fingerprint density at radius 1 is 1.24 bits per heavy atom. The van der Waals surface area contributed by atoms with Crippen LogP contribution in [0.4, 0.5) is 0 Å². The molecule has 136 valence electrons. The third-order valence-electron chi connectivity index (χ3n) is 8.14. The largest absolute Gasteiger partial charge is 0.498 e. The van der Waals surface area contributed by atoms with Gasteiger partial charge in [0.05, 0.1) is 12.4 Å². The highest BCUT2D eigenvalue weighted by Gasteiger charge is 2.63. The van der Waals surface area contributed by atoms with E-state index < -0.39 is 5.60 Å². The van der Waals surface area contributed by atoms with Crippen molar-refractivity contribution in [3.05, 3.63) is 23.5 Å². The molecular weight excluding hydrogens is 308 g/mol. The molecule has 0 heterocycles. The zero-order valence-electron chi connectivity index (χ0n) is 15.8. The smallest absolute Gasteiger partial charge is 0.131 e. The van der Waals surface area contributed by atoms with Crippen molar-refractivity contribution in [1.82, 2.24) is 0 Å². The van der Waals surface area contributed by atoms with Gasteiger partial charge in [0.15, 0.2) is 0 Å². The quantitative estimate of drug-likeness (QED) is 0.745. The minimum Gasteiger partial charge on any atom is -0.498 e. The van der Waals surface area contributed by atoms with Crippen LogP contribution in [-0.2, 0) is 4.74 Å². The summed E-state index contributed by atoms with van der Waals surface area (Å²) in [5.74, 6) is 6.74. The molecule has 4 rings (SSSR count). The Hall–Kier alpha value is -1.20. The first-order chi connectivity index (χ1) is 12.1. The van der Waals surface area contributed by atoms with Crippen molar-refractivity contribution in [3.8, 4) is 12.3 Å². The molecule has 2 nitrogen and oxygen atoms in total. The molecule has 2 fully saturated rings. The van der Waals surface area contributed by atoms with Crippen LogP contribution in [-0.4, -0.2) is 17.3 Å². The van der Waals surface area contributed by atoms with E-state index in [1.165, 1.54) is 24.2 Å². The number of rotatable bonds is 3. The maximum Gasteiger partial charge on any atom is 0.131 e. The first kappa shape index (κ1) is 17.2. The van der Waals surface area contributed by atoms with Crippen molar-refractivity contribution in [2.24, 2.45) is 29.1 Å². The molecule has 0 aromatic heterocycles. The second kappa shape index (κ2) is 6.20. The predicted octanol–water partition coefficient (Wildman–Crippen LogP) is 4.84. The Morgan fingerprint density at radius 2 is 2.08 bits per heavy atom. The van der Waals surface area contributed by atoms with E-state index >= 15 is 0 Å². The summed E-state index contributed by atoms with van der Waals surface area (Å²) in [6.07, 6.45) is 19.3. The number of terminal acetylenes is 1. The van der Waals surface area contributed by atoms with Crippen molar-refractivity contribution < 1.29 is 9.84 Å². The number of allylic oxidation sites excluding steroid dienone is 4. The van der Waals surface area contributed by atoms with E-state index in [2.05, 4.69) is 31.9 Å². The summed E-state index contributed by atoms with van der Waals surface area (Å²) in [6.45, 7) is 5.07. The maximum atomic E-state index is 11.2. The van der Waals surface area contributed by atoms with Gasteiger partial charge in [0.1, 0.15) is 5.60 Å². The molecule has 2 heteroatoms. The molecule has 4 aliphatic rings. The lowest BCUT2D eigenvalue weighted by molar-refractivity contribution is -0.0945. The first-order valence-electron chi connectivity index (χ1n) is 10.3. The number of ether oxygens (including phenoxy) is 1. The normalized spacial score (nSPS) is 45.4. The fraction of sp³-hybridized carbons (Fsp3) is 0.739. The van der Waals surface area contributed by atoms with E-state index in [0.717, 1.165) is 51.0 Å². The molecule has 1 N–H and O–H groups in total. The lowest BCUT2D eigenvalue weighted by atomic mass is 9.50. The Morgan fingerprint density at radius 3 is 2.80 bits per heavy atom. The average molecular weight is 341 g/mol. The highest BCUT2D eigenvalue weighted by molar-refractivity contribution is 5.33. The number of hydrogen-bond acceptors (Lipinski definition) is 2. The molecule has 25 heavy (non-hydrogen) atoms. The van der Waals surface area contributed by atoms with Gasteiger partial charge < -0.3 is 9.84 Å². The molecule has 0 aromatic carbocycles. The van der Waals surface area contributed by atoms with Gasteiger partial charge in [-0.05, 0) is 87.2 Å². The summed E-state index contributed by atoms with van der Waals surface area (Å²) < 4.78 is 5.78. The molecule has 2 saturated carbocycles. The SMILES string of the molecule is C#C[C@]1(O)CCC2C3CC=C4C=C(OCC)CCC4C3CC[C@@]21CC. The number of hydrogen-bond donors (Lipinski definition) is 1. The second-order valence-corrected chi connectivity index (χ2v) is 8.65. The van der Waals surface area contributed by atoms with Crippen LogP contribution in [0.2, 0.25) is 0 Å². The molecule has 0 radical (unpaired) electrons. The van der Waals surface area contributed by atoms with Crippen molar-refractivity contribution in [2.75, 3.05) is 6.61 Å². The minimum absolute atomic E-state index is 0.0464. The van der Waals surface area contributed by atoms with Crippen LogP contribution in [0.25, 0.3) is 0 Å². The van der Waals surface area contributed by atoms with E-state index in [-0.39, 0.29) is 5.41 Å². The summed E-state index contributed by atoms with van der Waals surface area (Å²) in [6, 6.07) is 0. The predicted molar refractivity (Wildman–Crippen MR) is 101 cm³/mol. The Bertz CT molecular complexity index is 639. The first-order valence-corrected chi connectivity index (χ1v) is 10.3. The Kier molecular flexibility index (Phi) is 4.27. The zero-order chi connectivity index (χ0) is 17.7. The molecule has 4 aliphatic carbocycles. The highest BCUT2D eigenvalue weighted by atomic mass is 16.5. The lowest BCUT2D eigenvalue weighted by Gasteiger charge is -2.55. The topological polar surface area (TPSA) is 29.5 Å². The van der Waals surface area contributed by atoms with Crippen LogP contribution in [0.3, 0.4) is 0 Å². The average Bonchev–Trinajstić information content (AvgIpc) is 2.95. The summed E-state index contributed by atoms with van der Waals surface area (Å²) in [7, 11) is 0. The lowest BCUT2D eigenvalue weighted by Crippen LogP contribution is -2.53. The van der Waals surface area contributed by atoms with Crippen LogP contribution in [0.5, 0.6) is 0 Å². The highest BCUT2D eigenvalue weighted by Crippen LogP contribution is 2.65. The van der Waals surface area contributed by atoms with Crippen LogP contribution in [0.1, 0.15) is 65.2 Å². The van der Waals surface area contributed by atoms with Crippen molar-refractivity contribution in [3.63, 3.8) is 0 Å². The second-order valence-electron chi connectivity index (χ2n) is 8.65. The van der Waals surface area contributed by atoms with Gasteiger partial charge in [0.2, 0.25) is 0 Å². The van der Waals surface area contributed by atoms with Crippen LogP contribution < -0.4 is 0 Å². The molecule has 0 bridgehead atoms. The van der Waals surface area contributed by atoms with Gasteiger partial charge in [-0.25, -0.2) is 0 Å². The third kappa shape index (κ3) is 2.35. The minimum atomic E-state index is -0.879. The molecule has 0 amide bonds. The molecule has 4 unspecified atom stereocenters. The van der Waals surface area contributed by atoms with Gasteiger partial charge in [-0.1, -0.05) is 18.9 Å². The Balaban J connectivity index is 1.64. The maximum absolute atomic E-state index is 11.2. The molecule has 0 spiro atoms. The van der Waals surface area contributed by atoms with Crippen molar-refractivity contribution in [2.45, 2.75) is 70.8 Å². The zero-order valence-corrected chi connectivity index (χ0v) is 15.8. The molecule has 0 aliphatic heterocycles. The molecule has 0 saturated heterocycles. The molecule has 0 aromatic rings.